The maximum atomic E-state index is 6.56. The van der Waals surface area contributed by atoms with Crippen molar-refractivity contribution >= 4 is 162 Å². The van der Waals surface area contributed by atoms with Crippen LogP contribution in [0.25, 0.3) is 0 Å². The van der Waals surface area contributed by atoms with Gasteiger partial charge in [-0.1, -0.05) is 46.2 Å². The van der Waals surface area contributed by atoms with Gasteiger partial charge in [-0.05, 0) is 17.8 Å². The molecule has 0 bridgehead atoms. The van der Waals surface area contributed by atoms with Gasteiger partial charge in [0.2, 0.25) is 0 Å². The Morgan fingerprint density at radius 3 is 0.895 bits per heavy atom. The summed E-state index contributed by atoms with van der Waals surface area (Å²) in [6, 6.07) is 0. The zero-order chi connectivity index (χ0) is 30.3. The normalized spacial score (nSPS) is 24.3. The Morgan fingerprint density at radius 1 is 0.421 bits per heavy atom. The van der Waals surface area contributed by atoms with Crippen LogP contribution in [0.5, 0.6) is 0 Å². The van der Waals surface area contributed by atoms with Crippen LogP contribution in [0.15, 0.2) is 0 Å². The molecule has 230 valence electrons. The summed E-state index contributed by atoms with van der Waals surface area (Å²) in [6.45, 7) is 10.5. The van der Waals surface area contributed by atoms with Crippen LogP contribution in [0.1, 0.15) is 41.0 Å². The fourth-order valence-electron chi connectivity index (χ4n) is 3.01. The van der Waals surface area contributed by atoms with Crippen LogP contribution in [-0.4, -0.2) is 82.1 Å². The lowest BCUT2D eigenvalue weighted by atomic mass is 9.93. The lowest BCUT2D eigenvalue weighted by Gasteiger charge is -2.35. The molecule has 0 amide bonds. The Bertz CT molecular complexity index is 652. The van der Waals surface area contributed by atoms with E-state index in [1.807, 2.05) is 13.8 Å². The summed E-state index contributed by atoms with van der Waals surface area (Å²) in [5.41, 5.74) is -0.840. The first-order valence-electron chi connectivity index (χ1n) is 11.8. The van der Waals surface area contributed by atoms with Crippen LogP contribution in [0.3, 0.4) is 0 Å². The highest BCUT2D eigenvalue weighted by Gasteiger charge is 2.45. The lowest BCUT2D eigenvalue weighted by molar-refractivity contribution is 0.0819. The van der Waals surface area contributed by atoms with Crippen molar-refractivity contribution in [3.8, 4) is 0 Å². The molecule has 14 unspecified atom stereocenters. The van der Waals surface area contributed by atoms with Gasteiger partial charge in [-0.25, -0.2) is 0 Å². The Kier molecular flexibility index (Phi) is 21.6. The van der Waals surface area contributed by atoms with Crippen LogP contribution in [0.4, 0.5) is 0 Å². The average Bonchev–Trinajstić information content (AvgIpc) is 2.86. The average molecular weight is 823 g/mol. The van der Waals surface area contributed by atoms with Gasteiger partial charge in [-0.3, -0.25) is 0 Å². The first-order valence-corrected chi connectivity index (χ1v) is 17.9. The third kappa shape index (κ3) is 13.6. The summed E-state index contributed by atoms with van der Waals surface area (Å²) in [5, 5.41) is -11.5. The van der Waals surface area contributed by atoms with Crippen molar-refractivity contribution in [3.63, 3.8) is 0 Å². The van der Waals surface area contributed by atoms with E-state index in [9.17, 15) is 0 Å². The predicted octanol–water partition coefficient (Wildman–Crippen LogP) is 11.6. The van der Waals surface area contributed by atoms with Crippen molar-refractivity contribution in [3.05, 3.63) is 0 Å². The van der Waals surface area contributed by atoms with Gasteiger partial charge in [0.05, 0.1) is 69.9 Å². The lowest BCUT2D eigenvalue weighted by Crippen LogP contribution is -2.49. The van der Waals surface area contributed by atoms with Gasteiger partial charge in [-0.15, -0.1) is 151 Å². The minimum absolute atomic E-state index is 0.0569. The second kappa shape index (κ2) is 19.5. The molecule has 0 aromatic carbocycles. The largest absolute Gasteiger partial charge is 0.361 e. The quantitative estimate of drug-likeness (QED) is 0.133. The van der Waals surface area contributed by atoms with E-state index in [1.54, 1.807) is 0 Å². The highest BCUT2D eigenvalue weighted by atomic mass is 35.5. The van der Waals surface area contributed by atoms with Crippen LogP contribution in [0.2, 0.25) is 0 Å². The van der Waals surface area contributed by atoms with Crippen molar-refractivity contribution < 1.29 is 4.74 Å². The molecule has 0 N–H and O–H groups in total. The number of hydrogen-bond donors (Lipinski definition) is 0. The first-order chi connectivity index (χ1) is 17.2. The van der Waals surface area contributed by atoms with E-state index in [-0.39, 0.29) is 11.3 Å². The molecule has 0 saturated heterocycles. The van der Waals surface area contributed by atoms with Gasteiger partial charge in [0.1, 0.15) is 5.56 Å². The number of halogens is 14. The van der Waals surface area contributed by atoms with Gasteiger partial charge in [0.15, 0.2) is 0 Å². The van der Waals surface area contributed by atoms with Crippen molar-refractivity contribution in [2.24, 2.45) is 11.3 Å². The second-order valence-electron chi connectivity index (χ2n) is 10.6. The number of alkyl halides is 14. The monoisotopic (exact) mass is 816 g/mol. The van der Waals surface area contributed by atoms with Gasteiger partial charge >= 0.3 is 0 Å². The van der Waals surface area contributed by atoms with Crippen molar-refractivity contribution in [1.82, 2.24) is 0 Å². The molecule has 0 aliphatic rings. The van der Waals surface area contributed by atoms with Crippen molar-refractivity contribution in [2.75, 3.05) is 6.61 Å². The molecule has 0 saturated carbocycles. The molecule has 0 aromatic heterocycles. The van der Waals surface area contributed by atoms with E-state index in [0.717, 1.165) is 6.42 Å². The summed E-state index contributed by atoms with van der Waals surface area (Å²) in [5.74, 6) is 0.0569. The minimum Gasteiger partial charge on any atom is -0.361 e. The predicted molar refractivity (Wildman–Crippen MR) is 180 cm³/mol. The standard InChI is InChI=1S/C23H34Cl14O/c1-8(2)9(24)10(25)11(26)12(27)13(28)14(29)15(30)16(31)17(32)18(33)19(34)20(35)21(36)22(37)38-7-6-23(3,4)5/h8-22H,6-7H2,1-5H3. The minimum atomic E-state index is -1.00. The SMILES string of the molecule is CC(C)C(Cl)C(Cl)C(Cl)C(Cl)C(Cl)C(Cl)C(Cl)C(Cl)C(Cl)C(Cl)C(Cl)C(Cl)C(Cl)C(Cl)OCCC(C)(C)C. The summed E-state index contributed by atoms with van der Waals surface area (Å²) in [6.07, 6.45) is 0.772. The first kappa shape index (κ1) is 42.0. The molecule has 0 aliphatic heterocycles. The summed E-state index contributed by atoms with van der Waals surface area (Å²) in [7, 11) is 0. The molecule has 0 radical (unpaired) electrons. The summed E-state index contributed by atoms with van der Waals surface area (Å²) >= 11 is 90.7. The zero-order valence-corrected chi connectivity index (χ0v) is 31.9. The van der Waals surface area contributed by atoms with Crippen molar-refractivity contribution in [1.29, 1.82) is 0 Å². The van der Waals surface area contributed by atoms with Crippen LogP contribution in [0, 0.1) is 11.3 Å². The van der Waals surface area contributed by atoms with Gasteiger partial charge < -0.3 is 4.74 Å². The maximum Gasteiger partial charge on any atom is 0.148 e. The Morgan fingerprint density at radius 2 is 0.658 bits per heavy atom. The molecular formula is C23H34Cl14O. The molecule has 0 heterocycles. The Hall–Kier alpha value is 4.02. The number of rotatable bonds is 17. The highest BCUT2D eigenvalue weighted by Crippen LogP contribution is 2.39. The van der Waals surface area contributed by atoms with Crippen LogP contribution < -0.4 is 0 Å². The van der Waals surface area contributed by atoms with Gasteiger partial charge in [0.25, 0.3) is 0 Å². The smallest absolute Gasteiger partial charge is 0.148 e. The van der Waals surface area contributed by atoms with Crippen molar-refractivity contribution in [2.45, 2.75) is 117 Å². The fraction of sp³-hybridized carbons (Fsp3) is 1.00. The summed E-state index contributed by atoms with van der Waals surface area (Å²) < 4.78 is 5.61. The summed E-state index contributed by atoms with van der Waals surface area (Å²) in [4.78, 5) is 0. The van der Waals surface area contributed by atoms with Gasteiger partial charge in [-0.2, -0.15) is 0 Å². The molecule has 0 spiro atoms. The third-order valence-electron chi connectivity index (χ3n) is 5.67. The van der Waals surface area contributed by atoms with E-state index < -0.39 is 75.5 Å². The topological polar surface area (TPSA) is 9.23 Å². The van der Waals surface area contributed by atoms with E-state index >= 15 is 0 Å². The number of ether oxygens (including phenoxy) is 1. The molecular weight excluding hydrogens is 789 g/mol. The van der Waals surface area contributed by atoms with E-state index in [0.29, 0.717) is 6.61 Å². The second-order valence-corrected chi connectivity index (χ2v) is 17.5. The molecule has 0 fully saturated rings. The Balaban J connectivity index is 5.20. The number of hydrogen-bond acceptors (Lipinski definition) is 1. The van der Waals surface area contributed by atoms with E-state index in [2.05, 4.69) is 20.8 Å². The van der Waals surface area contributed by atoms with E-state index in [4.69, 9.17) is 167 Å². The van der Waals surface area contributed by atoms with Gasteiger partial charge in [0, 0.05) is 6.61 Å². The molecule has 15 heteroatoms. The molecule has 38 heavy (non-hydrogen) atoms. The molecule has 0 aliphatic carbocycles. The maximum absolute atomic E-state index is 6.56. The molecule has 0 rings (SSSR count). The molecule has 0 aromatic rings. The third-order valence-corrected chi connectivity index (χ3v) is 15.0. The molecule has 1 nitrogen and oxygen atoms in total. The van der Waals surface area contributed by atoms with E-state index in [1.165, 1.54) is 0 Å². The highest BCUT2D eigenvalue weighted by molar-refractivity contribution is 6.45. The van der Waals surface area contributed by atoms with Crippen LogP contribution >= 0.6 is 162 Å². The fourth-order valence-corrected chi connectivity index (χ4v) is 8.10. The zero-order valence-electron chi connectivity index (χ0n) is 21.3. The van der Waals surface area contributed by atoms with Crippen LogP contribution in [-0.2, 0) is 4.74 Å². The molecule has 14 atom stereocenters. The Labute approximate surface area is 298 Å².